The molecule has 0 radical (unpaired) electrons. The van der Waals surface area contributed by atoms with E-state index in [0.29, 0.717) is 16.8 Å². The second kappa shape index (κ2) is 6.62. The van der Waals surface area contributed by atoms with E-state index in [1.165, 1.54) is 25.1 Å². The van der Waals surface area contributed by atoms with Gasteiger partial charge in [0.15, 0.2) is 5.78 Å². The van der Waals surface area contributed by atoms with Crippen LogP contribution < -0.4 is 10.5 Å². The van der Waals surface area contributed by atoms with Gasteiger partial charge in [-0.15, -0.1) is 0 Å². The van der Waals surface area contributed by atoms with Gasteiger partial charge < -0.3 is 5.73 Å². The zero-order valence-electron chi connectivity index (χ0n) is 12.4. The third kappa shape index (κ3) is 4.40. The van der Waals surface area contributed by atoms with Gasteiger partial charge in [0.1, 0.15) is 0 Å². The van der Waals surface area contributed by atoms with Crippen molar-refractivity contribution in [2.75, 3.05) is 4.72 Å². The Labute approximate surface area is 134 Å². The third-order valence-electron chi connectivity index (χ3n) is 3.14. The van der Waals surface area contributed by atoms with Gasteiger partial charge >= 0.3 is 0 Å². The number of rotatable bonds is 6. The van der Waals surface area contributed by atoms with Gasteiger partial charge in [0.25, 0.3) is 10.0 Å². The summed E-state index contributed by atoms with van der Waals surface area (Å²) in [5.74, 6) is -0.669. The Morgan fingerprint density at radius 3 is 2.30 bits per heavy atom. The minimum atomic E-state index is -3.80. The number of hydrogen-bond acceptors (Lipinski definition) is 4. The zero-order chi connectivity index (χ0) is 17.0. The summed E-state index contributed by atoms with van der Waals surface area (Å²) in [6, 6.07) is 12.1. The van der Waals surface area contributed by atoms with Crippen molar-refractivity contribution in [2.24, 2.45) is 5.73 Å². The normalized spacial score (nSPS) is 11.0. The molecule has 0 aromatic heterocycles. The molecule has 0 spiro atoms. The monoisotopic (exact) mass is 332 g/mol. The number of nitrogens with one attached hydrogen (secondary N) is 1. The molecule has 0 atom stereocenters. The first-order valence-corrected chi connectivity index (χ1v) is 8.27. The lowest BCUT2D eigenvalue weighted by Crippen LogP contribution is -2.15. The van der Waals surface area contributed by atoms with Gasteiger partial charge in [-0.05, 0) is 36.8 Å². The van der Waals surface area contributed by atoms with Crippen LogP contribution in [0.15, 0.2) is 53.4 Å². The van der Waals surface area contributed by atoms with Crippen molar-refractivity contribution < 1.29 is 18.0 Å². The molecule has 0 saturated heterocycles. The smallest absolute Gasteiger partial charge is 0.261 e. The van der Waals surface area contributed by atoms with Crippen LogP contribution in [0, 0.1) is 0 Å². The Hall–Kier alpha value is -2.67. The minimum absolute atomic E-state index is 0.00594. The van der Waals surface area contributed by atoms with E-state index in [-0.39, 0.29) is 17.1 Å². The lowest BCUT2D eigenvalue weighted by atomic mass is 10.1. The number of amides is 1. The van der Waals surface area contributed by atoms with Gasteiger partial charge in [0.2, 0.25) is 5.91 Å². The Balaban J connectivity index is 2.22. The highest BCUT2D eigenvalue weighted by Crippen LogP contribution is 2.18. The Morgan fingerprint density at radius 1 is 1.09 bits per heavy atom. The van der Waals surface area contributed by atoms with Crippen molar-refractivity contribution >= 4 is 27.4 Å². The summed E-state index contributed by atoms with van der Waals surface area (Å²) in [4.78, 5) is 22.2. The van der Waals surface area contributed by atoms with Gasteiger partial charge in [-0.1, -0.05) is 24.3 Å². The van der Waals surface area contributed by atoms with E-state index < -0.39 is 15.9 Å². The van der Waals surface area contributed by atoms with E-state index in [0.717, 1.165) is 0 Å². The average molecular weight is 332 g/mol. The minimum Gasteiger partial charge on any atom is -0.369 e. The fourth-order valence-electron chi connectivity index (χ4n) is 1.99. The largest absolute Gasteiger partial charge is 0.369 e. The molecule has 0 aliphatic heterocycles. The topological polar surface area (TPSA) is 106 Å². The molecule has 0 bridgehead atoms. The van der Waals surface area contributed by atoms with E-state index in [2.05, 4.69) is 4.72 Å². The van der Waals surface area contributed by atoms with E-state index in [4.69, 9.17) is 5.73 Å². The molecule has 120 valence electrons. The summed E-state index contributed by atoms with van der Waals surface area (Å²) in [7, 11) is -3.80. The summed E-state index contributed by atoms with van der Waals surface area (Å²) in [6.07, 6.45) is 0.0910. The molecule has 6 nitrogen and oxygen atoms in total. The zero-order valence-corrected chi connectivity index (χ0v) is 13.3. The van der Waals surface area contributed by atoms with Gasteiger partial charge in [0.05, 0.1) is 11.3 Å². The summed E-state index contributed by atoms with van der Waals surface area (Å²) >= 11 is 0. The highest BCUT2D eigenvalue weighted by molar-refractivity contribution is 7.92. The van der Waals surface area contributed by atoms with Crippen LogP contribution in [-0.4, -0.2) is 20.1 Å². The quantitative estimate of drug-likeness (QED) is 0.785. The van der Waals surface area contributed by atoms with E-state index in [9.17, 15) is 18.0 Å². The van der Waals surface area contributed by atoms with Crippen LogP contribution in [0.25, 0.3) is 0 Å². The molecule has 0 aliphatic carbocycles. The van der Waals surface area contributed by atoms with Crippen molar-refractivity contribution in [1.82, 2.24) is 0 Å². The second-order valence-electron chi connectivity index (χ2n) is 5.03. The van der Waals surface area contributed by atoms with E-state index in [1.54, 1.807) is 30.3 Å². The second-order valence-corrected chi connectivity index (χ2v) is 6.71. The number of Topliss-reactive ketones (excluding diaryl/α,β-unsaturated/α-hetero) is 1. The summed E-state index contributed by atoms with van der Waals surface area (Å²) < 4.78 is 27.1. The molecule has 0 saturated carbocycles. The molecule has 3 N–H and O–H groups in total. The van der Waals surface area contributed by atoms with Crippen molar-refractivity contribution in [3.05, 3.63) is 59.7 Å². The molecule has 7 heteroatoms. The number of ketones is 1. The predicted octanol–water partition coefficient (Wildman–Crippen LogP) is 1.72. The van der Waals surface area contributed by atoms with Crippen LogP contribution in [-0.2, 0) is 21.2 Å². The van der Waals surface area contributed by atoms with Gasteiger partial charge in [-0.2, -0.15) is 0 Å². The fourth-order valence-corrected chi connectivity index (χ4v) is 3.09. The lowest BCUT2D eigenvalue weighted by Gasteiger charge is -2.09. The lowest BCUT2D eigenvalue weighted by molar-refractivity contribution is -0.117. The fraction of sp³-hybridized carbons (Fsp3) is 0.125. The predicted molar refractivity (Wildman–Crippen MR) is 86.6 cm³/mol. The van der Waals surface area contributed by atoms with E-state index >= 15 is 0 Å². The number of sulfonamides is 1. The summed E-state index contributed by atoms with van der Waals surface area (Å²) in [5, 5.41) is 0. The number of benzene rings is 2. The van der Waals surface area contributed by atoms with Gasteiger partial charge in [-0.25, -0.2) is 8.42 Å². The molecule has 2 aromatic carbocycles. The van der Waals surface area contributed by atoms with Crippen molar-refractivity contribution in [3.63, 3.8) is 0 Å². The maximum absolute atomic E-state index is 12.3. The van der Waals surface area contributed by atoms with Gasteiger partial charge in [-0.3, -0.25) is 14.3 Å². The Bertz CT molecular complexity index is 843. The maximum atomic E-state index is 12.3. The molecule has 0 heterocycles. The molecule has 0 aliphatic rings. The first kappa shape index (κ1) is 16.7. The summed E-state index contributed by atoms with van der Waals surface area (Å²) in [5.41, 5.74) is 6.47. The highest BCUT2D eigenvalue weighted by Gasteiger charge is 2.15. The molecule has 2 aromatic rings. The summed E-state index contributed by atoms with van der Waals surface area (Å²) in [6.45, 7) is 1.37. The molecule has 2 rings (SSSR count). The number of carbonyl (C=O) groups excluding carboxylic acids is 2. The van der Waals surface area contributed by atoms with Crippen LogP contribution >= 0.6 is 0 Å². The standard InChI is InChI=1S/C16H16N2O4S/c1-11(19)13-3-2-4-15(10-13)23(21,22)18-14-7-5-12(6-8-14)9-16(17)20/h2-8,10,18H,9H2,1H3,(H2,17,20). The van der Waals surface area contributed by atoms with Crippen molar-refractivity contribution in [3.8, 4) is 0 Å². The molecule has 1 amide bonds. The maximum Gasteiger partial charge on any atom is 0.261 e. The van der Waals surface area contributed by atoms with Crippen LogP contribution in [0.3, 0.4) is 0 Å². The molecular formula is C16H16N2O4S. The average Bonchev–Trinajstić information content (AvgIpc) is 2.48. The van der Waals surface area contributed by atoms with Crippen LogP contribution in [0.1, 0.15) is 22.8 Å². The van der Waals surface area contributed by atoms with Crippen molar-refractivity contribution in [2.45, 2.75) is 18.2 Å². The van der Waals surface area contributed by atoms with Crippen LogP contribution in [0.5, 0.6) is 0 Å². The number of nitrogens with two attached hydrogens (primary N) is 1. The van der Waals surface area contributed by atoms with Gasteiger partial charge in [0, 0.05) is 11.3 Å². The van der Waals surface area contributed by atoms with E-state index in [1.807, 2.05) is 0 Å². The number of primary amides is 1. The molecular weight excluding hydrogens is 316 g/mol. The SMILES string of the molecule is CC(=O)c1cccc(S(=O)(=O)Nc2ccc(CC(N)=O)cc2)c1. The van der Waals surface area contributed by atoms with Crippen molar-refractivity contribution in [1.29, 1.82) is 0 Å². The first-order valence-electron chi connectivity index (χ1n) is 6.79. The molecule has 23 heavy (non-hydrogen) atoms. The number of hydrogen-bond donors (Lipinski definition) is 2. The van der Waals surface area contributed by atoms with Crippen LogP contribution in [0.2, 0.25) is 0 Å². The number of carbonyl (C=O) groups is 2. The Kier molecular flexibility index (Phi) is 4.80. The highest BCUT2D eigenvalue weighted by atomic mass is 32.2. The third-order valence-corrected chi connectivity index (χ3v) is 4.51. The number of anilines is 1. The first-order chi connectivity index (χ1) is 10.8. The molecule has 0 unspecified atom stereocenters. The molecule has 0 fully saturated rings. The van der Waals surface area contributed by atoms with Crippen LogP contribution in [0.4, 0.5) is 5.69 Å². The Morgan fingerprint density at radius 2 is 1.74 bits per heavy atom.